The molecule has 1 aromatic carbocycles. The number of ether oxygens (including phenoxy) is 1. The Labute approximate surface area is 141 Å². The third-order valence-electron chi connectivity index (χ3n) is 4.02. The molecule has 1 fully saturated rings. The molecule has 1 aliphatic heterocycles. The smallest absolute Gasteiger partial charge is 0.251 e. The third kappa shape index (κ3) is 4.64. The molecule has 0 aliphatic carbocycles. The van der Waals surface area contributed by atoms with Crippen LogP contribution in [0.3, 0.4) is 0 Å². The summed E-state index contributed by atoms with van der Waals surface area (Å²) in [4.78, 5) is 16.1. The molecule has 5 heteroatoms. The maximum atomic E-state index is 12.5. The largest absolute Gasteiger partial charge is 0.379 e. The molecule has 0 spiro atoms. The lowest BCUT2D eigenvalue weighted by atomic mass is 10.0. The van der Waals surface area contributed by atoms with Crippen molar-refractivity contribution in [1.82, 2.24) is 10.2 Å². The van der Waals surface area contributed by atoms with E-state index in [0.717, 1.165) is 50.4 Å². The Morgan fingerprint density at radius 1 is 1.17 bits per heavy atom. The van der Waals surface area contributed by atoms with Gasteiger partial charge in [-0.05, 0) is 23.1 Å². The van der Waals surface area contributed by atoms with Crippen LogP contribution in [0.15, 0.2) is 41.8 Å². The van der Waals surface area contributed by atoms with Crippen molar-refractivity contribution in [2.45, 2.75) is 6.42 Å². The summed E-state index contributed by atoms with van der Waals surface area (Å²) in [5, 5.41) is 5.12. The highest BCUT2D eigenvalue weighted by Gasteiger charge is 2.13. The summed E-state index contributed by atoms with van der Waals surface area (Å²) in [6.45, 7) is 5.03. The van der Waals surface area contributed by atoms with Gasteiger partial charge < -0.3 is 10.1 Å². The van der Waals surface area contributed by atoms with E-state index < -0.39 is 0 Å². The summed E-state index contributed by atoms with van der Waals surface area (Å²) in [5.74, 6) is 0.0189. The maximum Gasteiger partial charge on any atom is 0.251 e. The number of hydrogen-bond donors (Lipinski definition) is 1. The van der Waals surface area contributed by atoms with E-state index in [1.54, 1.807) is 11.3 Å². The average Bonchev–Trinajstić information content (AvgIpc) is 3.09. The van der Waals surface area contributed by atoms with Crippen LogP contribution in [-0.4, -0.2) is 50.2 Å². The second-order valence-corrected chi connectivity index (χ2v) is 6.66. The van der Waals surface area contributed by atoms with E-state index in [9.17, 15) is 4.79 Å². The van der Waals surface area contributed by atoms with Crippen LogP contribution in [0.5, 0.6) is 0 Å². The molecule has 0 saturated carbocycles. The molecule has 0 bridgehead atoms. The van der Waals surface area contributed by atoms with Crippen LogP contribution in [0.4, 0.5) is 0 Å². The number of carbonyl (C=O) groups excluding carboxylic acids is 1. The Morgan fingerprint density at radius 2 is 2.00 bits per heavy atom. The van der Waals surface area contributed by atoms with Gasteiger partial charge in [0.1, 0.15) is 0 Å². The van der Waals surface area contributed by atoms with Gasteiger partial charge in [-0.25, -0.2) is 0 Å². The molecule has 0 unspecified atom stereocenters. The molecule has 1 amide bonds. The van der Waals surface area contributed by atoms with Gasteiger partial charge in [0.15, 0.2) is 0 Å². The van der Waals surface area contributed by atoms with Gasteiger partial charge in [0.2, 0.25) is 0 Å². The summed E-state index contributed by atoms with van der Waals surface area (Å²) in [5.41, 5.74) is 1.86. The van der Waals surface area contributed by atoms with Gasteiger partial charge in [-0.15, -0.1) is 11.3 Å². The first kappa shape index (κ1) is 16.2. The first-order valence-corrected chi connectivity index (χ1v) is 8.89. The van der Waals surface area contributed by atoms with E-state index in [1.165, 1.54) is 4.88 Å². The molecule has 122 valence electrons. The minimum absolute atomic E-state index is 0.0189. The molecule has 3 rings (SSSR count). The topological polar surface area (TPSA) is 41.6 Å². The van der Waals surface area contributed by atoms with Crippen molar-refractivity contribution in [3.8, 4) is 0 Å². The van der Waals surface area contributed by atoms with Crippen molar-refractivity contribution in [1.29, 1.82) is 0 Å². The zero-order chi connectivity index (χ0) is 15.9. The molecule has 23 heavy (non-hydrogen) atoms. The number of nitrogens with zero attached hydrogens (tertiary/aromatic N) is 1. The van der Waals surface area contributed by atoms with Crippen molar-refractivity contribution < 1.29 is 9.53 Å². The third-order valence-corrected chi connectivity index (χ3v) is 4.90. The Bertz CT molecular complexity index is 622. The van der Waals surface area contributed by atoms with E-state index in [2.05, 4.69) is 21.7 Å². The van der Waals surface area contributed by atoms with Gasteiger partial charge in [-0.2, -0.15) is 0 Å². The van der Waals surface area contributed by atoms with Gasteiger partial charge in [0.25, 0.3) is 5.91 Å². The minimum atomic E-state index is 0.0189. The Morgan fingerprint density at radius 3 is 2.78 bits per heavy atom. The van der Waals surface area contributed by atoms with Crippen molar-refractivity contribution in [2.24, 2.45) is 0 Å². The second-order valence-electron chi connectivity index (χ2n) is 5.62. The van der Waals surface area contributed by atoms with Crippen LogP contribution in [0.25, 0.3) is 0 Å². The van der Waals surface area contributed by atoms with E-state index in [0.29, 0.717) is 6.54 Å². The lowest BCUT2D eigenvalue weighted by Gasteiger charge is -2.26. The number of nitrogens with one attached hydrogen (secondary N) is 1. The fraction of sp³-hybridized carbons (Fsp3) is 0.389. The van der Waals surface area contributed by atoms with Gasteiger partial charge >= 0.3 is 0 Å². The molecule has 0 atom stereocenters. The van der Waals surface area contributed by atoms with Crippen LogP contribution in [0.1, 0.15) is 20.8 Å². The van der Waals surface area contributed by atoms with Crippen LogP contribution >= 0.6 is 11.3 Å². The summed E-state index contributed by atoms with van der Waals surface area (Å²) in [6.07, 6.45) is 0.810. The second kappa shape index (κ2) is 8.24. The molecule has 0 radical (unpaired) electrons. The van der Waals surface area contributed by atoms with Crippen LogP contribution < -0.4 is 5.32 Å². The molecule has 4 nitrogen and oxygen atoms in total. The first-order chi connectivity index (χ1) is 11.3. The number of benzene rings is 1. The molecular formula is C18H22N2O2S. The predicted octanol–water partition coefficient (Wildman–Crippen LogP) is 2.40. The lowest BCUT2D eigenvalue weighted by molar-refractivity contribution is 0.0383. The lowest BCUT2D eigenvalue weighted by Crippen LogP contribution is -2.41. The van der Waals surface area contributed by atoms with E-state index in [-0.39, 0.29) is 5.91 Å². The number of amides is 1. The molecule has 1 aliphatic rings. The summed E-state index contributed by atoms with van der Waals surface area (Å²) in [6, 6.07) is 12.0. The zero-order valence-corrected chi connectivity index (χ0v) is 14.0. The molecule has 1 saturated heterocycles. The quantitative estimate of drug-likeness (QED) is 0.884. The van der Waals surface area contributed by atoms with Gasteiger partial charge in [-0.1, -0.05) is 24.3 Å². The predicted molar refractivity (Wildman–Crippen MR) is 93.2 cm³/mol. The summed E-state index contributed by atoms with van der Waals surface area (Å²) < 4.78 is 5.33. The van der Waals surface area contributed by atoms with Crippen molar-refractivity contribution in [3.63, 3.8) is 0 Å². The van der Waals surface area contributed by atoms with Crippen molar-refractivity contribution in [2.75, 3.05) is 39.4 Å². The van der Waals surface area contributed by atoms with Gasteiger partial charge in [0, 0.05) is 43.0 Å². The molecule has 1 N–H and O–H groups in total. The summed E-state index contributed by atoms with van der Waals surface area (Å²) in [7, 11) is 0. The molecule has 2 heterocycles. The average molecular weight is 330 g/mol. The number of carbonyl (C=O) groups is 1. The maximum absolute atomic E-state index is 12.5. The minimum Gasteiger partial charge on any atom is -0.379 e. The normalized spacial score (nSPS) is 15.5. The van der Waals surface area contributed by atoms with Crippen LogP contribution in [0.2, 0.25) is 0 Å². The van der Waals surface area contributed by atoms with Gasteiger partial charge in [-0.3, -0.25) is 9.69 Å². The van der Waals surface area contributed by atoms with E-state index in [4.69, 9.17) is 4.74 Å². The SMILES string of the molecule is O=C(NCCN1CCOCC1)c1ccccc1Cc1cccs1. The zero-order valence-electron chi connectivity index (χ0n) is 13.2. The Hall–Kier alpha value is -1.69. The fourth-order valence-corrected chi connectivity index (χ4v) is 3.47. The van der Waals surface area contributed by atoms with Gasteiger partial charge in [0.05, 0.1) is 13.2 Å². The highest BCUT2D eigenvalue weighted by molar-refractivity contribution is 7.09. The molecule has 1 aromatic heterocycles. The Kier molecular flexibility index (Phi) is 5.80. The van der Waals surface area contributed by atoms with E-state index >= 15 is 0 Å². The van der Waals surface area contributed by atoms with Crippen molar-refractivity contribution in [3.05, 3.63) is 57.8 Å². The highest BCUT2D eigenvalue weighted by Crippen LogP contribution is 2.18. The van der Waals surface area contributed by atoms with Crippen LogP contribution in [-0.2, 0) is 11.2 Å². The Balaban J connectivity index is 1.56. The van der Waals surface area contributed by atoms with Crippen LogP contribution in [0, 0.1) is 0 Å². The van der Waals surface area contributed by atoms with E-state index in [1.807, 2.05) is 30.3 Å². The number of hydrogen-bond acceptors (Lipinski definition) is 4. The number of morpholine rings is 1. The molecular weight excluding hydrogens is 308 g/mol. The monoisotopic (exact) mass is 330 g/mol. The number of thiophene rings is 1. The fourth-order valence-electron chi connectivity index (χ4n) is 2.74. The number of rotatable bonds is 6. The molecule has 2 aromatic rings. The summed E-state index contributed by atoms with van der Waals surface area (Å²) >= 11 is 1.72. The first-order valence-electron chi connectivity index (χ1n) is 8.01. The highest BCUT2D eigenvalue weighted by atomic mass is 32.1. The standard InChI is InChI=1S/C18H22N2O2S/c21-18(19-7-8-20-9-11-22-12-10-20)17-6-2-1-4-15(17)14-16-5-3-13-23-16/h1-6,13H,7-12,14H2,(H,19,21). The van der Waals surface area contributed by atoms with Crippen molar-refractivity contribution >= 4 is 17.2 Å².